The molecule has 1 spiro atoms. The first-order valence-corrected chi connectivity index (χ1v) is 10.7. The zero-order valence-electron chi connectivity index (χ0n) is 14.8. The largest absolute Gasteiger partial charge is 0.370 e. The van der Waals surface area contributed by atoms with E-state index >= 15 is 0 Å². The number of halogens is 1. The van der Waals surface area contributed by atoms with Crippen molar-refractivity contribution in [2.24, 2.45) is 33.5 Å². The van der Waals surface area contributed by atoms with Crippen molar-refractivity contribution >= 4 is 22.6 Å². The first-order chi connectivity index (χ1) is 10.2. The van der Waals surface area contributed by atoms with Crippen molar-refractivity contribution in [3.63, 3.8) is 0 Å². The van der Waals surface area contributed by atoms with Gasteiger partial charge in [-0.2, -0.15) is 0 Å². The van der Waals surface area contributed by atoms with Gasteiger partial charge >= 0.3 is 0 Å². The topological polar surface area (TPSA) is 9.23 Å². The summed E-state index contributed by atoms with van der Waals surface area (Å²) in [6, 6.07) is 0. The van der Waals surface area contributed by atoms with Gasteiger partial charge in [0, 0.05) is 14.8 Å². The van der Waals surface area contributed by atoms with E-state index in [-0.39, 0.29) is 5.60 Å². The van der Waals surface area contributed by atoms with Gasteiger partial charge in [0.2, 0.25) is 0 Å². The molecule has 5 fully saturated rings. The van der Waals surface area contributed by atoms with Crippen LogP contribution in [-0.4, -0.2) is 15.6 Å². The smallest absolute Gasteiger partial charge is 0.0817 e. The van der Waals surface area contributed by atoms with Crippen molar-refractivity contribution in [2.75, 3.05) is 0 Å². The molecule has 22 heavy (non-hydrogen) atoms. The van der Waals surface area contributed by atoms with Crippen molar-refractivity contribution < 1.29 is 4.74 Å². The molecule has 8 atom stereocenters. The third kappa shape index (κ3) is 1.07. The molecule has 1 heterocycles. The molecule has 4 saturated carbocycles. The Balaban J connectivity index is 1.88. The standard InChI is InChI=1S/C20H31IO/c1-12-7-6-8-17(4)9-10-19-16(2,3)15(21)18(5)11-13(22-19)14(12)20(17,18)19/h12-15H,6-11H2,1-5H3/t12-,13-,14-,15-,17+,18-,19+,20+/m1/s1. The summed E-state index contributed by atoms with van der Waals surface area (Å²) in [5.74, 6) is 1.68. The summed E-state index contributed by atoms with van der Waals surface area (Å²) in [5.41, 5.74) is 1.92. The van der Waals surface area contributed by atoms with Crippen LogP contribution < -0.4 is 0 Å². The van der Waals surface area contributed by atoms with Crippen LogP contribution in [-0.2, 0) is 4.74 Å². The Labute approximate surface area is 149 Å². The van der Waals surface area contributed by atoms with Gasteiger partial charge in [-0.1, -0.05) is 70.1 Å². The molecule has 4 aliphatic carbocycles. The predicted molar refractivity (Wildman–Crippen MR) is 98.2 cm³/mol. The number of alkyl halides is 1. The summed E-state index contributed by atoms with van der Waals surface area (Å²) >= 11 is 2.83. The average molecular weight is 414 g/mol. The minimum atomic E-state index is 0.168. The molecular formula is C20H31IO. The molecule has 0 unspecified atom stereocenters. The van der Waals surface area contributed by atoms with Gasteiger partial charge in [-0.3, -0.25) is 0 Å². The number of ether oxygens (including phenoxy) is 1. The van der Waals surface area contributed by atoms with Crippen LogP contribution in [0.1, 0.15) is 73.1 Å². The van der Waals surface area contributed by atoms with Gasteiger partial charge in [0.1, 0.15) is 0 Å². The molecule has 5 aliphatic rings. The number of rotatable bonds is 0. The minimum absolute atomic E-state index is 0.168. The van der Waals surface area contributed by atoms with E-state index in [0.29, 0.717) is 27.8 Å². The predicted octanol–water partition coefficient (Wildman–Crippen LogP) is 5.60. The lowest BCUT2D eigenvalue weighted by Crippen LogP contribution is -2.57. The maximum absolute atomic E-state index is 7.10. The van der Waals surface area contributed by atoms with Crippen molar-refractivity contribution in [1.29, 1.82) is 0 Å². The average Bonchev–Trinajstić information content (AvgIpc) is 2.97. The molecule has 2 heteroatoms. The van der Waals surface area contributed by atoms with E-state index in [1.54, 1.807) is 0 Å². The maximum Gasteiger partial charge on any atom is 0.0817 e. The zero-order valence-corrected chi connectivity index (χ0v) is 17.0. The highest BCUT2D eigenvalue weighted by Gasteiger charge is 2.92. The molecule has 0 aromatic rings. The first kappa shape index (κ1) is 15.0. The molecule has 2 bridgehead atoms. The highest BCUT2D eigenvalue weighted by Crippen LogP contribution is 2.91. The normalized spacial score (nSPS) is 67.4. The quantitative estimate of drug-likeness (QED) is 0.370. The van der Waals surface area contributed by atoms with Gasteiger partial charge in [-0.25, -0.2) is 0 Å². The molecule has 0 aromatic carbocycles. The van der Waals surface area contributed by atoms with Crippen LogP contribution in [0.2, 0.25) is 0 Å². The lowest BCUT2D eigenvalue weighted by Gasteiger charge is -2.55. The van der Waals surface area contributed by atoms with Crippen LogP contribution in [0.15, 0.2) is 0 Å². The van der Waals surface area contributed by atoms with Crippen LogP contribution in [0.3, 0.4) is 0 Å². The van der Waals surface area contributed by atoms with Crippen LogP contribution in [0, 0.1) is 33.5 Å². The van der Waals surface area contributed by atoms with Gasteiger partial charge < -0.3 is 4.74 Å². The minimum Gasteiger partial charge on any atom is -0.370 e. The first-order valence-electron chi connectivity index (χ1n) is 9.50. The molecule has 1 nitrogen and oxygen atoms in total. The molecule has 1 saturated heterocycles. The molecule has 0 amide bonds. The van der Waals surface area contributed by atoms with Gasteiger partial charge in [0.15, 0.2) is 0 Å². The molecule has 124 valence electrons. The summed E-state index contributed by atoms with van der Waals surface area (Å²) in [5, 5.41) is 0. The molecule has 0 radical (unpaired) electrons. The van der Waals surface area contributed by atoms with Crippen LogP contribution in [0.25, 0.3) is 0 Å². The summed E-state index contributed by atoms with van der Waals surface area (Å²) in [7, 11) is 0. The van der Waals surface area contributed by atoms with Crippen LogP contribution in [0.4, 0.5) is 0 Å². The van der Waals surface area contributed by atoms with Gasteiger partial charge in [-0.05, 0) is 48.3 Å². The van der Waals surface area contributed by atoms with E-state index in [4.69, 9.17) is 4.74 Å². The summed E-state index contributed by atoms with van der Waals surface area (Å²) in [6.45, 7) is 13.0. The van der Waals surface area contributed by atoms with E-state index in [1.165, 1.54) is 38.5 Å². The second-order valence-corrected chi connectivity index (χ2v) is 11.7. The molecule has 0 aromatic heterocycles. The highest BCUT2D eigenvalue weighted by molar-refractivity contribution is 14.1. The lowest BCUT2D eigenvalue weighted by atomic mass is 9.49. The Kier molecular flexibility index (Phi) is 2.56. The Morgan fingerprint density at radius 2 is 1.77 bits per heavy atom. The fourth-order valence-electron chi connectivity index (χ4n) is 9.44. The van der Waals surface area contributed by atoms with Gasteiger partial charge in [-0.15, -0.1) is 0 Å². The van der Waals surface area contributed by atoms with Gasteiger partial charge in [0.05, 0.1) is 11.7 Å². The molecular weight excluding hydrogens is 383 g/mol. The van der Waals surface area contributed by atoms with Crippen molar-refractivity contribution in [3.05, 3.63) is 0 Å². The van der Waals surface area contributed by atoms with E-state index in [1.807, 2.05) is 0 Å². The Bertz CT molecular complexity index is 558. The molecule has 5 rings (SSSR count). The van der Waals surface area contributed by atoms with E-state index < -0.39 is 0 Å². The lowest BCUT2D eigenvalue weighted by molar-refractivity contribution is -0.177. The monoisotopic (exact) mass is 414 g/mol. The Morgan fingerprint density at radius 1 is 1.05 bits per heavy atom. The zero-order chi connectivity index (χ0) is 15.8. The van der Waals surface area contributed by atoms with Crippen molar-refractivity contribution in [2.45, 2.75) is 88.8 Å². The third-order valence-corrected chi connectivity index (χ3v) is 12.6. The Morgan fingerprint density at radius 3 is 2.50 bits per heavy atom. The summed E-state index contributed by atoms with van der Waals surface area (Å²) in [4.78, 5) is 0. The number of hydrogen-bond acceptors (Lipinski definition) is 1. The van der Waals surface area contributed by atoms with Crippen molar-refractivity contribution in [1.82, 2.24) is 0 Å². The maximum atomic E-state index is 7.10. The Hall–Kier alpha value is 0.690. The second-order valence-electron chi connectivity index (χ2n) is 10.5. The molecule has 0 N–H and O–H groups in total. The van der Waals surface area contributed by atoms with Crippen LogP contribution >= 0.6 is 22.6 Å². The van der Waals surface area contributed by atoms with E-state index in [2.05, 4.69) is 57.2 Å². The summed E-state index contributed by atoms with van der Waals surface area (Å²) < 4.78 is 7.85. The molecule has 1 aliphatic heterocycles. The number of hydrogen-bond donors (Lipinski definition) is 0. The second kappa shape index (κ2) is 3.76. The third-order valence-electron chi connectivity index (χ3n) is 9.63. The van der Waals surface area contributed by atoms with E-state index in [9.17, 15) is 0 Å². The van der Waals surface area contributed by atoms with Crippen molar-refractivity contribution in [3.8, 4) is 0 Å². The SMILES string of the molecule is C[C@@H]1CCC[C@@]2(C)CC[C@]34O[C@@H]5C[C@](C)([C@H](I)C3(C)C)[C@]24[C@H]15. The van der Waals surface area contributed by atoms with E-state index in [0.717, 1.165) is 15.8 Å². The van der Waals surface area contributed by atoms with Crippen LogP contribution in [0.5, 0.6) is 0 Å². The van der Waals surface area contributed by atoms with Gasteiger partial charge in [0.25, 0.3) is 0 Å². The summed E-state index contributed by atoms with van der Waals surface area (Å²) in [6.07, 6.45) is 8.94. The fourth-order valence-corrected chi connectivity index (χ4v) is 10.7. The highest BCUT2D eigenvalue weighted by atomic mass is 127. The fraction of sp³-hybridized carbons (Fsp3) is 1.00.